The number of hydrogen-bond acceptors (Lipinski definition) is 5. The van der Waals surface area contributed by atoms with Crippen molar-refractivity contribution in [1.29, 1.82) is 0 Å². The van der Waals surface area contributed by atoms with Crippen molar-refractivity contribution in [3.8, 4) is 17.1 Å². The summed E-state index contributed by atoms with van der Waals surface area (Å²) < 4.78 is 11.0. The standard InChI is InChI=1S/C22H29N3O4/c1-3-5-20(26)24-17-6-4-13-25(15-17)22(27)12-11-21-23-14-19(29-21)16-7-9-18(28-2)10-8-16/h7-10,14,17H,3-6,11-13,15H2,1-2H3,(H,24,26)/t17-/m0/s1. The first-order valence-electron chi connectivity index (χ1n) is 10.2. The second-order valence-electron chi connectivity index (χ2n) is 7.34. The molecule has 0 unspecified atom stereocenters. The number of hydrogen-bond donors (Lipinski definition) is 1. The number of nitrogens with one attached hydrogen (secondary N) is 1. The van der Waals surface area contributed by atoms with Crippen molar-refractivity contribution in [2.24, 2.45) is 0 Å². The third-order valence-electron chi connectivity index (χ3n) is 5.10. The molecule has 2 amide bonds. The van der Waals surface area contributed by atoms with Crippen LogP contribution in [0.5, 0.6) is 5.75 Å². The van der Waals surface area contributed by atoms with Gasteiger partial charge in [-0.15, -0.1) is 0 Å². The summed E-state index contributed by atoms with van der Waals surface area (Å²) >= 11 is 0. The van der Waals surface area contributed by atoms with Crippen LogP contribution in [0.4, 0.5) is 0 Å². The highest BCUT2D eigenvalue weighted by Gasteiger charge is 2.24. The normalized spacial score (nSPS) is 16.5. The Balaban J connectivity index is 1.50. The molecule has 1 fully saturated rings. The molecule has 0 bridgehead atoms. The fourth-order valence-corrected chi connectivity index (χ4v) is 3.53. The third kappa shape index (κ3) is 5.82. The van der Waals surface area contributed by atoms with E-state index in [1.54, 1.807) is 13.3 Å². The molecular formula is C22H29N3O4. The van der Waals surface area contributed by atoms with Crippen molar-refractivity contribution >= 4 is 11.8 Å². The highest BCUT2D eigenvalue weighted by Crippen LogP contribution is 2.23. The van der Waals surface area contributed by atoms with E-state index >= 15 is 0 Å². The van der Waals surface area contributed by atoms with Gasteiger partial charge in [-0.3, -0.25) is 9.59 Å². The number of likely N-dealkylation sites (tertiary alicyclic amines) is 1. The summed E-state index contributed by atoms with van der Waals surface area (Å²) in [4.78, 5) is 30.6. The average molecular weight is 399 g/mol. The first-order valence-corrected chi connectivity index (χ1v) is 10.2. The second-order valence-corrected chi connectivity index (χ2v) is 7.34. The molecule has 29 heavy (non-hydrogen) atoms. The number of aromatic nitrogens is 1. The Hall–Kier alpha value is -2.83. The van der Waals surface area contributed by atoms with Gasteiger partial charge >= 0.3 is 0 Å². The molecule has 2 heterocycles. The highest BCUT2D eigenvalue weighted by molar-refractivity contribution is 5.78. The number of piperidine rings is 1. The largest absolute Gasteiger partial charge is 0.497 e. The number of benzene rings is 1. The number of carbonyl (C=O) groups excluding carboxylic acids is 2. The fraction of sp³-hybridized carbons (Fsp3) is 0.500. The van der Waals surface area contributed by atoms with Gasteiger partial charge in [0.2, 0.25) is 11.8 Å². The predicted molar refractivity (Wildman–Crippen MR) is 109 cm³/mol. The van der Waals surface area contributed by atoms with Gasteiger partial charge in [-0.2, -0.15) is 0 Å². The lowest BCUT2D eigenvalue weighted by Gasteiger charge is -2.33. The number of nitrogens with zero attached hydrogens (tertiary/aromatic N) is 2. The first-order chi connectivity index (χ1) is 14.1. The Kier molecular flexibility index (Phi) is 7.27. The van der Waals surface area contributed by atoms with Crippen molar-refractivity contribution in [2.75, 3.05) is 20.2 Å². The van der Waals surface area contributed by atoms with Crippen molar-refractivity contribution in [2.45, 2.75) is 51.5 Å². The minimum Gasteiger partial charge on any atom is -0.497 e. The molecule has 1 atom stereocenters. The SMILES string of the molecule is CCCC(=O)N[C@H]1CCCN(C(=O)CCc2ncc(-c3ccc(OC)cc3)o2)C1. The summed E-state index contributed by atoms with van der Waals surface area (Å²) in [5, 5.41) is 3.04. The van der Waals surface area contributed by atoms with Gasteiger partial charge in [-0.05, 0) is 43.5 Å². The van der Waals surface area contributed by atoms with Crippen molar-refractivity contribution in [3.05, 3.63) is 36.4 Å². The van der Waals surface area contributed by atoms with E-state index in [0.29, 0.717) is 37.5 Å². The molecular weight excluding hydrogens is 370 g/mol. The molecule has 0 aliphatic carbocycles. The summed E-state index contributed by atoms with van der Waals surface area (Å²) in [6.45, 7) is 3.30. The number of carbonyl (C=O) groups is 2. The summed E-state index contributed by atoms with van der Waals surface area (Å²) in [6.07, 6.45) is 5.67. The quantitative estimate of drug-likeness (QED) is 0.737. The van der Waals surface area contributed by atoms with E-state index in [2.05, 4.69) is 10.3 Å². The first kappa shape index (κ1) is 20.9. The zero-order valence-corrected chi connectivity index (χ0v) is 17.1. The van der Waals surface area contributed by atoms with E-state index < -0.39 is 0 Å². The maximum absolute atomic E-state index is 12.6. The number of amides is 2. The lowest BCUT2D eigenvalue weighted by atomic mass is 10.0. The Morgan fingerprint density at radius 3 is 2.79 bits per heavy atom. The Morgan fingerprint density at radius 2 is 2.07 bits per heavy atom. The molecule has 3 rings (SSSR count). The van der Waals surface area contributed by atoms with E-state index in [0.717, 1.165) is 37.1 Å². The van der Waals surface area contributed by atoms with Crippen molar-refractivity contribution in [1.82, 2.24) is 15.2 Å². The molecule has 1 aromatic heterocycles. The Labute approximate surface area is 171 Å². The van der Waals surface area contributed by atoms with E-state index in [9.17, 15) is 9.59 Å². The van der Waals surface area contributed by atoms with Gasteiger partial charge in [0.15, 0.2) is 11.7 Å². The van der Waals surface area contributed by atoms with Crippen LogP contribution in [0, 0.1) is 0 Å². The smallest absolute Gasteiger partial charge is 0.223 e. The highest BCUT2D eigenvalue weighted by atomic mass is 16.5. The van der Waals surface area contributed by atoms with Crippen LogP contribution in [0.15, 0.2) is 34.9 Å². The number of ether oxygens (including phenoxy) is 1. The van der Waals surface area contributed by atoms with Gasteiger partial charge < -0.3 is 19.4 Å². The second kappa shape index (κ2) is 10.1. The van der Waals surface area contributed by atoms with Gasteiger partial charge in [0, 0.05) is 44.0 Å². The Bertz CT molecular complexity index is 816. The molecule has 1 aliphatic rings. The minimum atomic E-state index is 0.0511. The lowest BCUT2D eigenvalue weighted by Crippen LogP contribution is -2.49. The van der Waals surface area contributed by atoms with Crippen LogP contribution in [0.3, 0.4) is 0 Å². The van der Waals surface area contributed by atoms with Crippen molar-refractivity contribution in [3.63, 3.8) is 0 Å². The molecule has 1 aromatic carbocycles. The van der Waals surface area contributed by atoms with Gasteiger partial charge in [0.05, 0.1) is 13.3 Å². The molecule has 1 saturated heterocycles. The van der Waals surface area contributed by atoms with E-state index in [1.807, 2.05) is 36.1 Å². The molecule has 0 radical (unpaired) electrons. The van der Waals surface area contributed by atoms with Gasteiger partial charge in [0.1, 0.15) is 5.75 Å². The molecule has 7 heteroatoms. The number of oxazole rings is 1. The molecule has 0 saturated carbocycles. The van der Waals surface area contributed by atoms with Crippen LogP contribution in [-0.4, -0.2) is 47.9 Å². The summed E-state index contributed by atoms with van der Waals surface area (Å²) in [5.41, 5.74) is 0.914. The summed E-state index contributed by atoms with van der Waals surface area (Å²) in [6, 6.07) is 7.61. The molecule has 1 aliphatic heterocycles. The minimum absolute atomic E-state index is 0.0511. The van der Waals surface area contributed by atoms with Crippen LogP contribution in [0.1, 0.15) is 44.9 Å². The van der Waals surface area contributed by atoms with E-state index in [1.165, 1.54) is 0 Å². The molecule has 2 aromatic rings. The molecule has 0 spiro atoms. The maximum Gasteiger partial charge on any atom is 0.223 e. The van der Waals surface area contributed by atoms with Crippen molar-refractivity contribution < 1.29 is 18.7 Å². The molecule has 156 valence electrons. The van der Waals surface area contributed by atoms with E-state index in [4.69, 9.17) is 9.15 Å². The average Bonchev–Trinajstić information content (AvgIpc) is 3.21. The number of aryl methyl sites for hydroxylation is 1. The Morgan fingerprint density at radius 1 is 1.28 bits per heavy atom. The number of rotatable bonds is 8. The maximum atomic E-state index is 12.6. The van der Waals surface area contributed by atoms with Gasteiger partial charge in [-0.1, -0.05) is 6.92 Å². The topological polar surface area (TPSA) is 84.7 Å². The van der Waals surface area contributed by atoms with Gasteiger partial charge in [-0.25, -0.2) is 4.98 Å². The summed E-state index contributed by atoms with van der Waals surface area (Å²) in [7, 11) is 1.63. The molecule has 1 N–H and O–H groups in total. The zero-order valence-electron chi connectivity index (χ0n) is 17.1. The lowest BCUT2D eigenvalue weighted by molar-refractivity contribution is -0.133. The fourth-order valence-electron chi connectivity index (χ4n) is 3.53. The zero-order chi connectivity index (χ0) is 20.6. The number of methoxy groups -OCH3 is 1. The third-order valence-corrected chi connectivity index (χ3v) is 5.10. The van der Waals surface area contributed by atoms with E-state index in [-0.39, 0.29) is 17.9 Å². The van der Waals surface area contributed by atoms with Gasteiger partial charge in [0.25, 0.3) is 0 Å². The van der Waals surface area contributed by atoms with Crippen LogP contribution < -0.4 is 10.1 Å². The van der Waals surface area contributed by atoms with Crippen LogP contribution in [0.25, 0.3) is 11.3 Å². The summed E-state index contributed by atoms with van der Waals surface area (Å²) in [5.74, 6) is 2.15. The van der Waals surface area contributed by atoms with Crippen LogP contribution in [-0.2, 0) is 16.0 Å². The van der Waals surface area contributed by atoms with Crippen LogP contribution in [0.2, 0.25) is 0 Å². The molecule has 7 nitrogen and oxygen atoms in total. The predicted octanol–water partition coefficient (Wildman–Crippen LogP) is 3.19. The monoisotopic (exact) mass is 399 g/mol. The van der Waals surface area contributed by atoms with Crippen LogP contribution >= 0.6 is 0 Å².